The molecule has 3 atom stereocenters. The van der Waals surface area contributed by atoms with Gasteiger partial charge in [0.2, 0.25) is 5.88 Å². The van der Waals surface area contributed by atoms with Gasteiger partial charge in [-0.1, -0.05) is 5.16 Å². The maximum Gasteiger partial charge on any atom is 0.417 e. The van der Waals surface area contributed by atoms with Crippen molar-refractivity contribution in [2.45, 2.75) is 38.1 Å². The SMILES string of the molecule is Cc1noc(-c2cc(F)ccc2C(=O)N2CC3CC(Oc4ccc(C(F)(F)F)cn4)C2C3)n1. The first-order valence-electron chi connectivity index (χ1n) is 10.3. The summed E-state index contributed by atoms with van der Waals surface area (Å²) in [6.07, 6.45) is -2.80. The number of piperidine rings is 1. The number of benzene rings is 1. The van der Waals surface area contributed by atoms with Crippen LogP contribution in [0.3, 0.4) is 0 Å². The van der Waals surface area contributed by atoms with E-state index in [0.717, 1.165) is 12.3 Å². The molecule has 5 rings (SSSR count). The minimum atomic E-state index is -4.48. The molecule has 2 fully saturated rings. The second-order valence-corrected chi connectivity index (χ2v) is 8.24. The topological polar surface area (TPSA) is 81.4 Å². The maximum absolute atomic E-state index is 13.9. The highest BCUT2D eigenvalue weighted by molar-refractivity contribution is 6.00. The van der Waals surface area contributed by atoms with E-state index in [1.807, 2.05) is 0 Å². The number of halogens is 4. The number of rotatable bonds is 4. The largest absolute Gasteiger partial charge is 0.472 e. The number of nitrogens with zero attached hydrogens (tertiary/aromatic N) is 4. The van der Waals surface area contributed by atoms with Gasteiger partial charge in [0.1, 0.15) is 11.9 Å². The lowest BCUT2D eigenvalue weighted by molar-refractivity contribution is -0.137. The van der Waals surface area contributed by atoms with Gasteiger partial charge in [0.15, 0.2) is 5.82 Å². The van der Waals surface area contributed by atoms with E-state index in [9.17, 15) is 22.4 Å². The van der Waals surface area contributed by atoms with Gasteiger partial charge in [-0.2, -0.15) is 18.2 Å². The maximum atomic E-state index is 13.9. The summed E-state index contributed by atoms with van der Waals surface area (Å²) in [5.74, 6) is -0.228. The average molecular weight is 462 g/mol. The zero-order chi connectivity index (χ0) is 23.3. The number of fused-ring (bicyclic) bond motifs is 2. The summed E-state index contributed by atoms with van der Waals surface area (Å²) >= 11 is 0. The Bertz CT molecular complexity index is 1200. The molecule has 1 saturated carbocycles. The molecule has 2 aliphatic rings. The van der Waals surface area contributed by atoms with Gasteiger partial charge < -0.3 is 14.2 Å². The smallest absolute Gasteiger partial charge is 0.417 e. The standard InChI is InChI=1S/C22H18F4N4O3/c1-11-28-20(33-29-11)16-8-14(23)3-4-15(16)21(31)30-10-12-6-17(30)18(7-12)32-19-5-2-13(9-27-19)22(24,25)26/h2-5,8-9,12,17-18H,6-7,10H2,1H3. The molecule has 2 bridgehead atoms. The van der Waals surface area contributed by atoms with E-state index in [1.54, 1.807) is 11.8 Å². The van der Waals surface area contributed by atoms with Crippen molar-refractivity contribution in [1.82, 2.24) is 20.0 Å². The zero-order valence-electron chi connectivity index (χ0n) is 17.3. The molecule has 33 heavy (non-hydrogen) atoms. The summed E-state index contributed by atoms with van der Waals surface area (Å²) in [6.45, 7) is 2.12. The average Bonchev–Trinajstić information content (AvgIpc) is 3.49. The lowest BCUT2D eigenvalue weighted by atomic mass is 10.0. The minimum Gasteiger partial charge on any atom is -0.472 e. The number of pyridine rings is 1. The number of carbonyl (C=O) groups excluding carboxylic acids is 1. The number of aromatic nitrogens is 3. The van der Waals surface area contributed by atoms with Crippen LogP contribution in [0.15, 0.2) is 41.1 Å². The van der Waals surface area contributed by atoms with Gasteiger partial charge in [0.05, 0.1) is 22.7 Å². The molecule has 3 unspecified atom stereocenters. The summed E-state index contributed by atoms with van der Waals surface area (Å²) in [5, 5.41) is 3.71. The van der Waals surface area contributed by atoms with Crippen LogP contribution in [0.5, 0.6) is 5.88 Å². The number of aryl methyl sites for hydroxylation is 1. The van der Waals surface area contributed by atoms with E-state index >= 15 is 0 Å². The number of carbonyl (C=O) groups is 1. The molecule has 172 valence electrons. The van der Waals surface area contributed by atoms with E-state index in [2.05, 4.69) is 15.1 Å². The number of amides is 1. The summed E-state index contributed by atoms with van der Waals surface area (Å²) in [4.78, 5) is 23.0. The lowest BCUT2D eigenvalue weighted by Gasteiger charge is -2.33. The quantitative estimate of drug-likeness (QED) is 0.539. The molecular formula is C22H18F4N4O3. The summed E-state index contributed by atoms with van der Waals surface area (Å²) < 4.78 is 63.2. The van der Waals surface area contributed by atoms with Crippen LogP contribution < -0.4 is 4.74 Å². The fraction of sp³-hybridized carbons (Fsp3) is 0.364. The molecule has 3 heterocycles. The molecule has 0 N–H and O–H groups in total. The monoisotopic (exact) mass is 462 g/mol. The second-order valence-electron chi connectivity index (χ2n) is 8.24. The van der Waals surface area contributed by atoms with E-state index in [-0.39, 0.29) is 40.8 Å². The molecule has 1 aliphatic heterocycles. The Morgan fingerprint density at radius 2 is 2.03 bits per heavy atom. The molecule has 2 aromatic heterocycles. The molecule has 1 aromatic carbocycles. The number of ether oxygens (including phenoxy) is 1. The predicted molar refractivity (Wildman–Crippen MR) is 106 cm³/mol. The zero-order valence-corrected chi connectivity index (χ0v) is 17.3. The van der Waals surface area contributed by atoms with Gasteiger partial charge in [0.25, 0.3) is 11.8 Å². The van der Waals surface area contributed by atoms with Crippen LogP contribution in [0.25, 0.3) is 11.5 Å². The van der Waals surface area contributed by atoms with Gasteiger partial charge in [0, 0.05) is 18.8 Å². The first-order valence-corrected chi connectivity index (χ1v) is 10.3. The van der Waals surface area contributed by atoms with Crippen LogP contribution in [0, 0.1) is 18.7 Å². The molecule has 7 nitrogen and oxygen atoms in total. The fourth-order valence-electron chi connectivity index (χ4n) is 4.54. The van der Waals surface area contributed by atoms with Crippen LogP contribution in [0.4, 0.5) is 17.6 Å². The summed E-state index contributed by atoms with van der Waals surface area (Å²) in [7, 11) is 0. The van der Waals surface area contributed by atoms with Gasteiger partial charge in [-0.05, 0) is 49.9 Å². The third-order valence-electron chi connectivity index (χ3n) is 5.99. The number of likely N-dealkylation sites (tertiary alicyclic amines) is 1. The van der Waals surface area contributed by atoms with Crippen molar-refractivity contribution in [3.05, 3.63) is 59.3 Å². The van der Waals surface area contributed by atoms with Crippen molar-refractivity contribution in [2.75, 3.05) is 6.54 Å². The molecule has 1 amide bonds. The first-order chi connectivity index (χ1) is 15.7. The first kappa shape index (κ1) is 21.4. The van der Waals surface area contributed by atoms with Crippen LogP contribution >= 0.6 is 0 Å². The van der Waals surface area contributed by atoms with E-state index in [1.165, 1.54) is 24.3 Å². The highest BCUT2D eigenvalue weighted by Crippen LogP contribution is 2.41. The molecule has 0 spiro atoms. The van der Waals surface area contributed by atoms with Crippen molar-refractivity contribution >= 4 is 5.91 Å². The normalized spacial score (nSPS) is 22.1. The summed E-state index contributed by atoms with van der Waals surface area (Å²) in [5.41, 5.74) is -0.441. The van der Waals surface area contributed by atoms with Crippen LogP contribution in [0.2, 0.25) is 0 Å². The Labute approximate surface area is 185 Å². The van der Waals surface area contributed by atoms with Crippen molar-refractivity contribution in [1.29, 1.82) is 0 Å². The molecule has 3 aromatic rings. The van der Waals surface area contributed by atoms with Crippen LogP contribution in [0.1, 0.15) is 34.6 Å². The Balaban J connectivity index is 1.37. The van der Waals surface area contributed by atoms with Crippen molar-refractivity contribution in [3.8, 4) is 17.3 Å². The third-order valence-corrected chi connectivity index (χ3v) is 5.99. The fourth-order valence-corrected chi connectivity index (χ4v) is 4.54. The van der Waals surface area contributed by atoms with Crippen molar-refractivity contribution in [2.24, 2.45) is 5.92 Å². The Hall–Kier alpha value is -3.50. The Kier molecular flexibility index (Phi) is 5.06. The number of alkyl halides is 3. The highest BCUT2D eigenvalue weighted by atomic mass is 19.4. The molecule has 1 aliphatic carbocycles. The van der Waals surface area contributed by atoms with E-state index < -0.39 is 23.7 Å². The Morgan fingerprint density at radius 3 is 2.67 bits per heavy atom. The number of hydrogen-bond acceptors (Lipinski definition) is 6. The molecule has 1 saturated heterocycles. The minimum absolute atomic E-state index is 0.0430. The highest BCUT2D eigenvalue weighted by Gasteiger charge is 2.49. The van der Waals surface area contributed by atoms with Gasteiger partial charge >= 0.3 is 6.18 Å². The molecule has 0 radical (unpaired) electrons. The van der Waals surface area contributed by atoms with Crippen molar-refractivity contribution < 1.29 is 31.6 Å². The summed E-state index contributed by atoms with van der Waals surface area (Å²) in [6, 6.07) is 5.55. The second kappa shape index (κ2) is 7.82. The van der Waals surface area contributed by atoms with Crippen LogP contribution in [-0.4, -0.2) is 44.6 Å². The van der Waals surface area contributed by atoms with Crippen LogP contribution in [-0.2, 0) is 6.18 Å². The third kappa shape index (κ3) is 4.03. The van der Waals surface area contributed by atoms with Gasteiger partial charge in [-0.3, -0.25) is 4.79 Å². The van der Waals surface area contributed by atoms with Crippen molar-refractivity contribution in [3.63, 3.8) is 0 Å². The molecule has 11 heteroatoms. The Morgan fingerprint density at radius 1 is 1.21 bits per heavy atom. The number of hydrogen-bond donors (Lipinski definition) is 0. The molecular weight excluding hydrogens is 444 g/mol. The van der Waals surface area contributed by atoms with Gasteiger partial charge in [-0.25, -0.2) is 9.37 Å². The van der Waals surface area contributed by atoms with E-state index in [0.29, 0.717) is 25.2 Å². The van der Waals surface area contributed by atoms with E-state index in [4.69, 9.17) is 9.26 Å². The van der Waals surface area contributed by atoms with Gasteiger partial charge in [-0.15, -0.1) is 0 Å². The predicted octanol–water partition coefficient (Wildman–Crippen LogP) is 4.28. The lowest BCUT2D eigenvalue weighted by Crippen LogP contribution is -2.47.